The summed E-state index contributed by atoms with van der Waals surface area (Å²) in [6.45, 7) is 1.12. The summed E-state index contributed by atoms with van der Waals surface area (Å²) in [5, 5.41) is -0.517. The van der Waals surface area contributed by atoms with E-state index in [1.54, 1.807) is 0 Å². The van der Waals surface area contributed by atoms with Crippen molar-refractivity contribution < 1.29 is 17.5 Å². The third-order valence-corrected chi connectivity index (χ3v) is 4.11. The highest BCUT2D eigenvalue weighted by atomic mass is 32.2. The lowest BCUT2D eigenvalue weighted by Crippen LogP contribution is -2.41. The Hall–Kier alpha value is -1.05. The summed E-state index contributed by atoms with van der Waals surface area (Å²) >= 11 is 0. The van der Waals surface area contributed by atoms with Crippen molar-refractivity contribution in [2.75, 3.05) is 26.3 Å². The lowest BCUT2D eigenvalue weighted by molar-refractivity contribution is 0.0728. The standard InChI is InChI=1S/C9H11FN2O3S/c10-8-2-1-3-11-9(8)16(13,14)12-4-6-15-7-5-12/h1-3H,4-7H2. The Morgan fingerprint density at radius 1 is 1.38 bits per heavy atom. The van der Waals surface area contributed by atoms with Crippen molar-refractivity contribution in [1.82, 2.24) is 9.29 Å². The van der Waals surface area contributed by atoms with Crippen molar-refractivity contribution in [2.45, 2.75) is 5.03 Å². The fourth-order valence-electron chi connectivity index (χ4n) is 1.47. The summed E-state index contributed by atoms with van der Waals surface area (Å²) in [5.74, 6) is -0.825. The Morgan fingerprint density at radius 2 is 2.06 bits per heavy atom. The first-order valence-electron chi connectivity index (χ1n) is 4.81. The molecule has 1 aliphatic rings. The molecule has 1 aromatic heterocycles. The van der Waals surface area contributed by atoms with Gasteiger partial charge in [-0.2, -0.15) is 4.31 Å². The summed E-state index contributed by atoms with van der Waals surface area (Å²) in [7, 11) is -3.83. The molecule has 2 rings (SSSR count). The normalized spacial score (nSPS) is 18.6. The Labute approximate surface area is 92.9 Å². The van der Waals surface area contributed by atoms with Crippen LogP contribution in [-0.4, -0.2) is 44.0 Å². The molecule has 16 heavy (non-hydrogen) atoms. The van der Waals surface area contributed by atoms with Gasteiger partial charge in [0, 0.05) is 19.3 Å². The Kier molecular flexibility index (Phi) is 3.17. The third-order valence-electron chi connectivity index (χ3n) is 2.28. The van der Waals surface area contributed by atoms with E-state index in [2.05, 4.69) is 4.98 Å². The lowest BCUT2D eigenvalue weighted by atomic mass is 10.5. The molecule has 7 heteroatoms. The maximum Gasteiger partial charge on any atom is 0.263 e. The second-order valence-electron chi connectivity index (χ2n) is 3.31. The number of rotatable bonds is 2. The van der Waals surface area contributed by atoms with Gasteiger partial charge in [-0.1, -0.05) is 0 Å². The van der Waals surface area contributed by atoms with Crippen molar-refractivity contribution in [1.29, 1.82) is 0 Å². The minimum Gasteiger partial charge on any atom is -0.379 e. The van der Waals surface area contributed by atoms with Crippen molar-refractivity contribution in [3.63, 3.8) is 0 Å². The largest absolute Gasteiger partial charge is 0.379 e. The molecule has 0 bridgehead atoms. The van der Waals surface area contributed by atoms with Crippen LogP contribution in [0.4, 0.5) is 4.39 Å². The Morgan fingerprint density at radius 3 is 2.69 bits per heavy atom. The molecule has 88 valence electrons. The third kappa shape index (κ3) is 2.06. The molecule has 0 radical (unpaired) electrons. The topological polar surface area (TPSA) is 59.5 Å². The highest BCUT2D eigenvalue weighted by Crippen LogP contribution is 2.17. The minimum atomic E-state index is -3.83. The summed E-state index contributed by atoms with van der Waals surface area (Å²) in [4.78, 5) is 3.58. The highest BCUT2D eigenvalue weighted by Gasteiger charge is 2.29. The van der Waals surface area contributed by atoms with Crippen LogP contribution in [0.5, 0.6) is 0 Å². The van der Waals surface area contributed by atoms with E-state index in [1.165, 1.54) is 16.6 Å². The van der Waals surface area contributed by atoms with Gasteiger partial charge >= 0.3 is 0 Å². The maximum atomic E-state index is 13.3. The molecule has 2 heterocycles. The molecule has 1 fully saturated rings. The van der Waals surface area contributed by atoms with Crippen LogP contribution in [0.3, 0.4) is 0 Å². The first-order chi connectivity index (χ1) is 7.62. The fourth-order valence-corrected chi connectivity index (χ4v) is 2.85. The van der Waals surface area contributed by atoms with Gasteiger partial charge in [0.05, 0.1) is 13.2 Å². The van der Waals surface area contributed by atoms with Crippen LogP contribution < -0.4 is 0 Å². The van der Waals surface area contributed by atoms with Crippen molar-refractivity contribution in [3.8, 4) is 0 Å². The van der Waals surface area contributed by atoms with Gasteiger partial charge in [-0.3, -0.25) is 0 Å². The molecule has 1 aromatic rings. The molecule has 1 saturated heterocycles. The molecule has 0 aromatic carbocycles. The van der Waals surface area contributed by atoms with Gasteiger partial charge in [0.1, 0.15) is 0 Å². The zero-order valence-electron chi connectivity index (χ0n) is 8.47. The number of sulfonamides is 1. The minimum absolute atomic E-state index is 0.234. The summed E-state index contributed by atoms with van der Waals surface area (Å²) in [5.41, 5.74) is 0. The molecular weight excluding hydrogens is 235 g/mol. The number of aromatic nitrogens is 1. The number of hydrogen-bond acceptors (Lipinski definition) is 4. The number of halogens is 1. The monoisotopic (exact) mass is 246 g/mol. The SMILES string of the molecule is O=S(=O)(c1ncccc1F)N1CCOCC1. The first-order valence-corrected chi connectivity index (χ1v) is 6.25. The zero-order valence-corrected chi connectivity index (χ0v) is 9.28. The molecule has 0 spiro atoms. The number of pyridine rings is 1. The summed E-state index contributed by atoms with van der Waals surface area (Å²) < 4.78 is 43.5. The van der Waals surface area contributed by atoms with Gasteiger partial charge in [-0.15, -0.1) is 0 Å². The van der Waals surface area contributed by atoms with E-state index in [0.29, 0.717) is 13.2 Å². The van der Waals surface area contributed by atoms with Crippen LogP contribution in [0.1, 0.15) is 0 Å². The number of hydrogen-bond donors (Lipinski definition) is 0. The molecule has 0 amide bonds. The summed E-state index contributed by atoms with van der Waals surface area (Å²) in [6, 6.07) is 2.44. The van der Waals surface area contributed by atoms with Gasteiger partial charge in [-0.25, -0.2) is 17.8 Å². The molecule has 5 nitrogen and oxygen atoms in total. The van der Waals surface area contributed by atoms with E-state index in [1.807, 2.05) is 0 Å². The quantitative estimate of drug-likeness (QED) is 0.750. The van der Waals surface area contributed by atoms with Crippen molar-refractivity contribution in [3.05, 3.63) is 24.1 Å². The second kappa shape index (κ2) is 4.44. The smallest absolute Gasteiger partial charge is 0.263 e. The van der Waals surface area contributed by atoms with Gasteiger partial charge in [0.15, 0.2) is 5.82 Å². The average Bonchev–Trinajstić information content (AvgIpc) is 2.30. The molecule has 0 unspecified atom stereocenters. The molecule has 0 aliphatic carbocycles. The fraction of sp³-hybridized carbons (Fsp3) is 0.444. The van der Waals surface area contributed by atoms with Gasteiger partial charge in [-0.05, 0) is 12.1 Å². The molecule has 0 saturated carbocycles. The van der Waals surface area contributed by atoms with E-state index < -0.39 is 20.9 Å². The van der Waals surface area contributed by atoms with Crippen LogP contribution in [0.15, 0.2) is 23.4 Å². The highest BCUT2D eigenvalue weighted by molar-refractivity contribution is 7.89. The number of ether oxygens (including phenoxy) is 1. The van der Waals surface area contributed by atoms with Crippen molar-refractivity contribution >= 4 is 10.0 Å². The number of nitrogens with zero attached hydrogens (tertiary/aromatic N) is 2. The molecule has 1 aliphatic heterocycles. The summed E-state index contributed by atoms with van der Waals surface area (Å²) in [6.07, 6.45) is 1.26. The van der Waals surface area contributed by atoms with Crippen LogP contribution in [0.2, 0.25) is 0 Å². The van der Waals surface area contributed by atoms with Gasteiger partial charge in [0.25, 0.3) is 10.0 Å². The maximum absolute atomic E-state index is 13.3. The first kappa shape index (κ1) is 11.4. The van der Waals surface area contributed by atoms with Crippen molar-refractivity contribution in [2.24, 2.45) is 0 Å². The number of morpholine rings is 1. The second-order valence-corrected chi connectivity index (χ2v) is 5.16. The molecule has 0 N–H and O–H groups in total. The Bertz CT molecular complexity index is 471. The van der Waals surface area contributed by atoms with Crippen LogP contribution >= 0.6 is 0 Å². The zero-order chi connectivity index (χ0) is 11.6. The van der Waals surface area contributed by atoms with E-state index in [4.69, 9.17) is 4.74 Å². The predicted molar refractivity (Wildman–Crippen MR) is 53.8 cm³/mol. The molecular formula is C9H11FN2O3S. The van der Waals surface area contributed by atoms with E-state index in [-0.39, 0.29) is 13.1 Å². The van der Waals surface area contributed by atoms with Crippen LogP contribution in [0.25, 0.3) is 0 Å². The predicted octanol–water partition coefficient (Wildman–Crippen LogP) is 0.242. The van der Waals surface area contributed by atoms with Gasteiger partial charge in [0.2, 0.25) is 5.03 Å². The average molecular weight is 246 g/mol. The van der Waals surface area contributed by atoms with Crippen LogP contribution in [0, 0.1) is 5.82 Å². The molecule has 0 atom stereocenters. The van der Waals surface area contributed by atoms with E-state index in [9.17, 15) is 12.8 Å². The van der Waals surface area contributed by atoms with Gasteiger partial charge < -0.3 is 4.74 Å². The lowest BCUT2D eigenvalue weighted by Gasteiger charge is -2.25. The Balaban J connectivity index is 2.35. The van der Waals surface area contributed by atoms with E-state index >= 15 is 0 Å². The van der Waals surface area contributed by atoms with E-state index in [0.717, 1.165) is 6.07 Å². The van der Waals surface area contributed by atoms with Crippen LogP contribution in [-0.2, 0) is 14.8 Å².